The van der Waals surface area contributed by atoms with Crippen molar-refractivity contribution in [3.63, 3.8) is 0 Å². The molecule has 1 saturated carbocycles. The van der Waals surface area contributed by atoms with Gasteiger partial charge < -0.3 is 9.47 Å². The van der Waals surface area contributed by atoms with E-state index in [0.29, 0.717) is 6.04 Å². The first-order valence-corrected chi connectivity index (χ1v) is 8.71. The van der Waals surface area contributed by atoms with Gasteiger partial charge in [0.2, 0.25) is 0 Å². The Labute approximate surface area is 137 Å². The molecule has 0 N–H and O–H groups in total. The van der Waals surface area contributed by atoms with E-state index in [1.54, 1.807) is 0 Å². The van der Waals surface area contributed by atoms with Crippen LogP contribution in [0.2, 0.25) is 0 Å². The largest absolute Gasteiger partial charge is 0.448 e. The van der Waals surface area contributed by atoms with Crippen molar-refractivity contribution in [1.82, 2.24) is 4.90 Å². The summed E-state index contributed by atoms with van der Waals surface area (Å²) < 4.78 is 12.2. The van der Waals surface area contributed by atoms with Crippen LogP contribution in [0, 0.1) is 0 Å². The topological polar surface area (TPSA) is 21.7 Å². The Morgan fingerprint density at radius 3 is 2.74 bits per heavy atom. The number of likely N-dealkylation sites (N-methyl/N-ethyl adjacent to an activating group) is 1. The number of hydrogen-bond acceptors (Lipinski definition) is 3. The molecule has 0 bridgehead atoms. The Hall–Kier alpha value is -1.74. The summed E-state index contributed by atoms with van der Waals surface area (Å²) in [5, 5.41) is 0. The van der Waals surface area contributed by atoms with Crippen LogP contribution < -0.4 is 9.47 Å². The van der Waals surface area contributed by atoms with Gasteiger partial charge in [-0.1, -0.05) is 29.9 Å². The molecule has 3 heteroatoms. The van der Waals surface area contributed by atoms with Crippen molar-refractivity contribution in [2.45, 2.75) is 49.9 Å². The van der Waals surface area contributed by atoms with Crippen molar-refractivity contribution in [2.24, 2.45) is 0 Å². The molecule has 0 unspecified atom stereocenters. The van der Waals surface area contributed by atoms with E-state index in [4.69, 9.17) is 9.47 Å². The fourth-order valence-corrected chi connectivity index (χ4v) is 4.55. The van der Waals surface area contributed by atoms with Crippen molar-refractivity contribution < 1.29 is 9.47 Å². The lowest BCUT2D eigenvalue weighted by molar-refractivity contribution is -0.138. The van der Waals surface area contributed by atoms with Gasteiger partial charge in [-0.2, -0.15) is 0 Å². The first kappa shape index (κ1) is 13.7. The molecule has 3 nitrogen and oxygen atoms in total. The molecule has 2 heterocycles. The van der Waals surface area contributed by atoms with Crippen LogP contribution in [0.15, 0.2) is 42.0 Å². The number of nitrogens with zero attached hydrogens (tertiary/aromatic N) is 1. The van der Waals surface area contributed by atoms with Gasteiger partial charge in [0, 0.05) is 24.3 Å². The number of fused-ring (bicyclic) bond motifs is 2. The number of ether oxygens (including phenoxy) is 2. The molecule has 1 saturated heterocycles. The van der Waals surface area contributed by atoms with Crippen molar-refractivity contribution in [1.29, 1.82) is 0 Å². The SMILES string of the molecule is CC1=C[C@@H]2N(C)CC[C@]2(c2ccc3c(c2)OC2(CCC2)O3)C=C1. The Morgan fingerprint density at radius 1 is 1.13 bits per heavy atom. The quantitative estimate of drug-likeness (QED) is 0.787. The van der Waals surface area contributed by atoms with Gasteiger partial charge in [0.25, 0.3) is 5.79 Å². The van der Waals surface area contributed by atoms with Crippen LogP contribution in [-0.2, 0) is 5.41 Å². The Morgan fingerprint density at radius 2 is 1.96 bits per heavy atom. The minimum atomic E-state index is -0.344. The van der Waals surface area contributed by atoms with Crippen LogP contribution in [0.3, 0.4) is 0 Å². The first-order valence-electron chi connectivity index (χ1n) is 8.71. The second-order valence-electron chi connectivity index (χ2n) is 7.59. The van der Waals surface area contributed by atoms with E-state index >= 15 is 0 Å². The zero-order chi connectivity index (χ0) is 15.7. The van der Waals surface area contributed by atoms with Gasteiger partial charge >= 0.3 is 0 Å². The summed E-state index contributed by atoms with van der Waals surface area (Å²) in [5.74, 6) is 1.51. The van der Waals surface area contributed by atoms with Crippen LogP contribution in [-0.4, -0.2) is 30.3 Å². The highest BCUT2D eigenvalue weighted by Gasteiger charge is 2.49. The molecule has 2 aliphatic heterocycles. The number of benzene rings is 1. The minimum Gasteiger partial charge on any atom is -0.448 e. The smallest absolute Gasteiger partial charge is 0.251 e. The maximum Gasteiger partial charge on any atom is 0.251 e. The Balaban J connectivity index is 1.55. The Bertz CT molecular complexity index is 731. The minimum absolute atomic E-state index is 0.0714. The van der Waals surface area contributed by atoms with Crippen molar-refractivity contribution in [3.8, 4) is 11.5 Å². The van der Waals surface area contributed by atoms with Gasteiger partial charge in [0.05, 0.1) is 0 Å². The molecule has 4 aliphatic rings. The molecule has 0 radical (unpaired) electrons. The lowest BCUT2D eigenvalue weighted by Gasteiger charge is -2.36. The summed E-state index contributed by atoms with van der Waals surface area (Å²) in [4.78, 5) is 2.46. The van der Waals surface area contributed by atoms with Gasteiger partial charge in [0.1, 0.15) is 0 Å². The third-order valence-corrected chi connectivity index (χ3v) is 6.13. The van der Waals surface area contributed by atoms with E-state index in [1.807, 2.05) is 0 Å². The third kappa shape index (κ3) is 1.80. The molecule has 2 atom stereocenters. The average Bonchev–Trinajstić information content (AvgIpc) is 3.06. The molecule has 1 aromatic rings. The fraction of sp³-hybridized carbons (Fsp3) is 0.500. The van der Waals surface area contributed by atoms with E-state index in [0.717, 1.165) is 37.3 Å². The molecular weight excluding hydrogens is 286 g/mol. The normalized spacial score (nSPS) is 33.5. The number of rotatable bonds is 1. The average molecular weight is 309 g/mol. The lowest BCUT2D eigenvalue weighted by atomic mass is 9.71. The number of likely N-dealkylation sites (tertiary alicyclic amines) is 1. The van der Waals surface area contributed by atoms with Crippen LogP contribution >= 0.6 is 0 Å². The molecule has 1 spiro atoms. The molecule has 0 aromatic heterocycles. The van der Waals surface area contributed by atoms with Crippen LogP contribution in [0.4, 0.5) is 0 Å². The molecule has 0 amide bonds. The van der Waals surface area contributed by atoms with E-state index in [2.05, 4.69) is 55.3 Å². The molecule has 2 aliphatic carbocycles. The summed E-state index contributed by atoms with van der Waals surface area (Å²) >= 11 is 0. The van der Waals surface area contributed by atoms with Crippen LogP contribution in [0.5, 0.6) is 11.5 Å². The van der Waals surface area contributed by atoms with Crippen molar-refractivity contribution in [2.75, 3.05) is 13.6 Å². The van der Waals surface area contributed by atoms with E-state index in [-0.39, 0.29) is 11.2 Å². The van der Waals surface area contributed by atoms with E-state index in [1.165, 1.54) is 17.6 Å². The van der Waals surface area contributed by atoms with Gasteiger partial charge in [-0.15, -0.1) is 0 Å². The van der Waals surface area contributed by atoms with Gasteiger partial charge in [-0.25, -0.2) is 0 Å². The zero-order valence-electron chi connectivity index (χ0n) is 13.8. The third-order valence-electron chi connectivity index (χ3n) is 6.13. The van der Waals surface area contributed by atoms with E-state index < -0.39 is 0 Å². The highest BCUT2D eigenvalue weighted by Crippen LogP contribution is 2.51. The Kier molecular flexibility index (Phi) is 2.63. The standard InChI is InChI=1S/C20H23NO2/c1-14-6-9-19(10-11-21(2)18(19)12-14)15-4-5-16-17(13-15)23-20(22-16)7-3-8-20/h4-6,9,12-13,18H,3,7-8,10-11H2,1-2H3/t18-,19-/m0/s1. The van der Waals surface area contributed by atoms with Crippen molar-refractivity contribution in [3.05, 3.63) is 47.6 Å². The zero-order valence-corrected chi connectivity index (χ0v) is 13.8. The lowest BCUT2D eigenvalue weighted by Crippen LogP contribution is -2.45. The highest BCUT2D eigenvalue weighted by atomic mass is 16.7. The summed E-state index contributed by atoms with van der Waals surface area (Å²) in [6, 6.07) is 7.02. The predicted molar refractivity (Wildman–Crippen MR) is 89.9 cm³/mol. The summed E-state index contributed by atoms with van der Waals surface area (Å²) in [6.45, 7) is 3.31. The van der Waals surface area contributed by atoms with Crippen molar-refractivity contribution >= 4 is 0 Å². The fourth-order valence-electron chi connectivity index (χ4n) is 4.55. The highest BCUT2D eigenvalue weighted by molar-refractivity contribution is 5.52. The molecule has 5 rings (SSSR count). The second-order valence-corrected chi connectivity index (χ2v) is 7.59. The van der Waals surface area contributed by atoms with Gasteiger partial charge in [0.15, 0.2) is 11.5 Å². The summed E-state index contributed by atoms with van der Waals surface area (Å²) in [5.41, 5.74) is 2.78. The molecular formula is C20H23NO2. The first-order chi connectivity index (χ1) is 11.1. The monoisotopic (exact) mass is 309 g/mol. The molecule has 2 fully saturated rings. The maximum absolute atomic E-state index is 6.18. The number of hydrogen-bond donors (Lipinski definition) is 0. The maximum atomic E-state index is 6.18. The molecule has 1 aromatic carbocycles. The predicted octanol–water partition coefficient (Wildman–Crippen LogP) is 3.80. The molecule has 120 valence electrons. The summed E-state index contributed by atoms with van der Waals surface area (Å²) in [7, 11) is 2.23. The number of allylic oxidation sites excluding steroid dienone is 2. The van der Waals surface area contributed by atoms with E-state index in [9.17, 15) is 0 Å². The second kappa shape index (κ2) is 4.41. The van der Waals surface area contributed by atoms with Gasteiger partial charge in [-0.3, -0.25) is 4.90 Å². The van der Waals surface area contributed by atoms with Gasteiger partial charge in [-0.05, 0) is 51.1 Å². The van der Waals surface area contributed by atoms with Crippen LogP contribution in [0.1, 0.15) is 38.2 Å². The van der Waals surface area contributed by atoms with Crippen LogP contribution in [0.25, 0.3) is 0 Å². The summed E-state index contributed by atoms with van der Waals surface area (Å²) in [6.07, 6.45) is 11.5. The molecule has 23 heavy (non-hydrogen) atoms.